The van der Waals surface area contributed by atoms with Gasteiger partial charge in [0.2, 0.25) is 0 Å². The van der Waals surface area contributed by atoms with Crippen molar-refractivity contribution in [1.82, 2.24) is 0 Å². The highest BCUT2D eigenvalue weighted by Crippen LogP contribution is 2.30. The van der Waals surface area contributed by atoms with E-state index in [9.17, 15) is 0 Å². The van der Waals surface area contributed by atoms with Crippen molar-refractivity contribution in [3.63, 3.8) is 0 Å². The molecule has 17 heavy (non-hydrogen) atoms. The van der Waals surface area contributed by atoms with E-state index in [1.807, 2.05) is 12.1 Å². The van der Waals surface area contributed by atoms with Crippen molar-refractivity contribution in [2.24, 2.45) is 0 Å². The van der Waals surface area contributed by atoms with Crippen LogP contribution in [0.5, 0.6) is 11.5 Å². The van der Waals surface area contributed by atoms with Gasteiger partial charge in [0, 0.05) is 11.6 Å². The van der Waals surface area contributed by atoms with E-state index in [4.69, 9.17) is 33.0 Å². The summed E-state index contributed by atoms with van der Waals surface area (Å²) in [6, 6.07) is 12.3. The van der Waals surface area contributed by atoms with Crippen LogP contribution in [0.3, 0.4) is 0 Å². The van der Waals surface area contributed by atoms with E-state index >= 15 is 0 Å². The van der Waals surface area contributed by atoms with Gasteiger partial charge in [0.05, 0.1) is 16.7 Å². The highest BCUT2D eigenvalue weighted by molar-refractivity contribution is 6.42. The Hall–Kier alpha value is -1.22. The van der Waals surface area contributed by atoms with Crippen LogP contribution in [-0.4, -0.2) is 5.11 Å². The molecule has 2 rings (SSSR count). The van der Waals surface area contributed by atoms with Gasteiger partial charge in [-0.25, -0.2) is 0 Å². The second kappa shape index (κ2) is 5.41. The molecule has 0 aliphatic carbocycles. The van der Waals surface area contributed by atoms with Crippen molar-refractivity contribution in [1.29, 1.82) is 0 Å². The van der Waals surface area contributed by atoms with Crippen molar-refractivity contribution < 1.29 is 9.84 Å². The fourth-order valence-corrected chi connectivity index (χ4v) is 1.69. The van der Waals surface area contributed by atoms with E-state index in [0.717, 1.165) is 5.56 Å². The molecule has 4 heteroatoms. The zero-order chi connectivity index (χ0) is 12.3. The molecule has 0 atom stereocenters. The SMILES string of the molecule is OCc1ccccc1Oc1ccc(Cl)c(Cl)c1. The fraction of sp³-hybridized carbons (Fsp3) is 0.0769. The lowest BCUT2D eigenvalue weighted by atomic mass is 10.2. The molecule has 0 bridgehead atoms. The number of aliphatic hydroxyl groups is 1. The van der Waals surface area contributed by atoms with E-state index in [1.54, 1.807) is 30.3 Å². The Kier molecular flexibility index (Phi) is 3.89. The number of ether oxygens (including phenoxy) is 1. The second-order valence-electron chi connectivity index (χ2n) is 3.44. The minimum atomic E-state index is -0.0719. The summed E-state index contributed by atoms with van der Waals surface area (Å²) in [6.45, 7) is -0.0719. The first-order chi connectivity index (χ1) is 8.20. The molecule has 0 aliphatic heterocycles. The molecule has 0 spiro atoms. The Morgan fingerprint density at radius 2 is 1.76 bits per heavy atom. The molecule has 0 heterocycles. The first kappa shape index (κ1) is 12.2. The summed E-state index contributed by atoms with van der Waals surface area (Å²) in [5.74, 6) is 1.19. The molecular formula is C13H10Cl2O2. The molecule has 88 valence electrons. The molecule has 2 aromatic carbocycles. The van der Waals surface area contributed by atoms with Crippen molar-refractivity contribution in [2.75, 3.05) is 0 Å². The first-order valence-electron chi connectivity index (χ1n) is 5.02. The summed E-state index contributed by atoms with van der Waals surface area (Å²) in [7, 11) is 0. The average molecular weight is 269 g/mol. The molecule has 0 fully saturated rings. The number of aliphatic hydroxyl groups excluding tert-OH is 1. The molecule has 0 saturated carbocycles. The van der Waals surface area contributed by atoms with Crippen molar-refractivity contribution in [2.45, 2.75) is 6.61 Å². The van der Waals surface area contributed by atoms with Crippen LogP contribution in [-0.2, 0) is 6.61 Å². The monoisotopic (exact) mass is 268 g/mol. The van der Waals surface area contributed by atoms with Crippen LogP contribution in [0.4, 0.5) is 0 Å². The van der Waals surface area contributed by atoms with Gasteiger partial charge in [-0.05, 0) is 18.2 Å². The summed E-state index contributed by atoms with van der Waals surface area (Å²) < 4.78 is 5.63. The number of hydrogen-bond donors (Lipinski definition) is 1. The highest BCUT2D eigenvalue weighted by atomic mass is 35.5. The summed E-state index contributed by atoms with van der Waals surface area (Å²) in [5.41, 5.74) is 0.721. The zero-order valence-corrected chi connectivity index (χ0v) is 10.4. The molecule has 0 saturated heterocycles. The lowest BCUT2D eigenvalue weighted by Crippen LogP contribution is -1.91. The van der Waals surface area contributed by atoms with Gasteiger partial charge in [-0.1, -0.05) is 41.4 Å². The van der Waals surface area contributed by atoms with Crippen molar-refractivity contribution >= 4 is 23.2 Å². The van der Waals surface area contributed by atoms with Crippen LogP contribution < -0.4 is 4.74 Å². The second-order valence-corrected chi connectivity index (χ2v) is 4.26. The van der Waals surface area contributed by atoms with Crippen LogP contribution in [0, 0.1) is 0 Å². The smallest absolute Gasteiger partial charge is 0.132 e. The van der Waals surface area contributed by atoms with Gasteiger partial charge >= 0.3 is 0 Å². The Labute approximate surface area is 109 Å². The minimum Gasteiger partial charge on any atom is -0.457 e. The van der Waals surface area contributed by atoms with Gasteiger partial charge in [-0.15, -0.1) is 0 Å². The third-order valence-corrected chi connectivity index (χ3v) is 3.00. The molecule has 2 aromatic rings. The largest absolute Gasteiger partial charge is 0.457 e. The van der Waals surface area contributed by atoms with E-state index < -0.39 is 0 Å². The van der Waals surface area contributed by atoms with E-state index in [1.165, 1.54) is 0 Å². The average Bonchev–Trinajstić information content (AvgIpc) is 2.34. The van der Waals surface area contributed by atoms with E-state index in [0.29, 0.717) is 21.5 Å². The molecule has 0 amide bonds. The number of rotatable bonds is 3. The van der Waals surface area contributed by atoms with E-state index in [2.05, 4.69) is 0 Å². The Morgan fingerprint density at radius 1 is 1.00 bits per heavy atom. The minimum absolute atomic E-state index is 0.0719. The molecule has 0 unspecified atom stereocenters. The van der Waals surface area contributed by atoms with Gasteiger partial charge in [0.25, 0.3) is 0 Å². The number of halogens is 2. The molecule has 2 nitrogen and oxygen atoms in total. The number of benzene rings is 2. The summed E-state index contributed by atoms with van der Waals surface area (Å²) in [5, 5.41) is 10.1. The van der Waals surface area contributed by atoms with Gasteiger partial charge in [0.1, 0.15) is 11.5 Å². The number of hydrogen-bond acceptors (Lipinski definition) is 2. The van der Waals surface area contributed by atoms with Crippen LogP contribution >= 0.6 is 23.2 Å². The maximum Gasteiger partial charge on any atom is 0.132 e. The molecular weight excluding hydrogens is 259 g/mol. The third-order valence-electron chi connectivity index (χ3n) is 2.26. The Morgan fingerprint density at radius 3 is 2.47 bits per heavy atom. The maximum atomic E-state index is 9.17. The number of para-hydroxylation sites is 1. The normalized spacial score (nSPS) is 10.3. The Bertz CT molecular complexity index is 527. The predicted octanol–water partition coefficient (Wildman–Crippen LogP) is 4.28. The summed E-state index contributed by atoms with van der Waals surface area (Å²) in [4.78, 5) is 0. The van der Waals surface area contributed by atoms with Gasteiger partial charge in [0.15, 0.2) is 0 Å². The van der Waals surface area contributed by atoms with Crippen LogP contribution in [0.1, 0.15) is 5.56 Å². The van der Waals surface area contributed by atoms with Crippen LogP contribution in [0.25, 0.3) is 0 Å². The topological polar surface area (TPSA) is 29.5 Å². The lowest BCUT2D eigenvalue weighted by molar-refractivity contribution is 0.276. The third kappa shape index (κ3) is 2.91. The van der Waals surface area contributed by atoms with Crippen molar-refractivity contribution in [3.8, 4) is 11.5 Å². The molecule has 0 aliphatic rings. The van der Waals surface area contributed by atoms with Gasteiger partial charge in [-0.3, -0.25) is 0 Å². The lowest BCUT2D eigenvalue weighted by Gasteiger charge is -2.09. The Balaban J connectivity index is 2.28. The molecule has 1 N–H and O–H groups in total. The highest BCUT2D eigenvalue weighted by Gasteiger charge is 2.05. The standard InChI is InChI=1S/C13H10Cl2O2/c14-11-6-5-10(7-12(11)15)17-13-4-2-1-3-9(13)8-16/h1-7,16H,8H2. The fourth-order valence-electron chi connectivity index (χ4n) is 1.40. The zero-order valence-electron chi connectivity index (χ0n) is 8.86. The summed E-state index contributed by atoms with van der Waals surface area (Å²) >= 11 is 11.7. The van der Waals surface area contributed by atoms with Crippen LogP contribution in [0.15, 0.2) is 42.5 Å². The van der Waals surface area contributed by atoms with Crippen molar-refractivity contribution in [3.05, 3.63) is 58.1 Å². The first-order valence-corrected chi connectivity index (χ1v) is 5.78. The maximum absolute atomic E-state index is 9.17. The summed E-state index contributed by atoms with van der Waals surface area (Å²) in [6.07, 6.45) is 0. The van der Waals surface area contributed by atoms with E-state index in [-0.39, 0.29) is 6.61 Å². The predicted molar refractivity (Wildman–Crippen MR) is 68.9 cm³/mol. The van der Waals surface area contributed by atoms with Gasteiger partial charge < -0.3 is 9.84 Å². The van der Waals surface area contributed by atoms with Gasteiger partial charge in [-0.2, -0.15) is 0 Å². The molecule has 0 radical (unpaired) electrons. The molecule has 0 aromatic heterocycles. The van der Waals surface area contributed by atoms with Crippen LogP contribution in [0.2, 0.25) is 10.0 Å². The quantitative estimate of drug-likeness (QED) is 0.901.